The summed E-state index contributed by atoms with van der Waals surface area (Å²) in [6.45, 7) is 4.05. The van der Waals surface area contributed by atoms with Gasteiger partial charge >= 0.3 is 11.9 Å². The first-order valence-electron chi connectivity index (χ1n) is 8.56. The Hall–Kier alpha value is -2.96. The largest absolute Gasteiger partial charge is 0.466 e. The Kier molecular flexibility index (Phi) is 5.16. The molecule has 7 nitrogen and oxygen atoms in total. The maximum absolute atomic E-state index is 12.8. The summed E-state index contributed by atoms with van der Waals surface area (Å²) in [6, 6.07) is 4.80. The molecule has 0 amide bonds. The van der Waals surface area contributed by atoms with Crippen LogP contribution in [0.15, 0.2) is 30.6 Å². The van der Waals surface area contributed by atoms with Gasteiger partial charge in [-0.1, -0.05) is 18.2 Å². The van der Waals surface area contributed by atoms with E-state index >= 15 is 0 Å². The van der Waals surface area contributed by atoms with E-state index in [0.717, 1.165) is 11.1 Å². The highest BCUT2D eigenvalue weighted by molar-refractivity contribution is 6.04. The number of esters is 2. The number of ether oxygens (including phenoxy) is 2. The van der Waals surface area contributed by atoms with Gasteiger partial charge in [0.25, 0.3) is 0 Å². The number of nitrogens with zero attached hydrogens (tertiary/aromatic N) is 2. The van der Waals surface area contributed by atoms with Crippen molar-refractivity contribution in [3.05, 3.63) is 53.1 Å². The van der Waals surface area contributed by atoms with Crippen molar-refractivity contribution in [2.24, 2.45) is 0 Å². The summed E-state index contributed by atoms with van der Waals surface area (Å²) in [6.07, 6.45) is 3.70. The molecule has 1 aliphatic rings. The van der Waals surface area contributed by atoms with Crippen LogP contribution in [0, 0.1) is 0 Å². The van der Waals surface area contributed by atoms with Crippen molar-refractivity contribution in [3.63, 3.8) is 0 Å². The highest BCUT2D eigenvalue weighted by atomic mass is 16.5. The smallest absolute Gasteiger partial charge is 0.374 e. The van der Waals surface area contributed by atoms with E-state index in [1.807, 2.05) is 6.07 Å². The standard InChI is InChI=1S/C19H20N2O5/c1-3-25-16(22)10-12-5-6-14-13(9-12)11-15(17(14)23)21-8-7-20-18(21)19(24)26-4-2/h5-9,15H,3-4,10-11H2,1-2H3. The lowest BCUT2D eigenvalue weighted by Crippen LogP contribution is -2.21. The van der Waals surface area contributed by atoms with E-state index in [4.69, 9.17) is 9.47 Å². The van der Waals surface area contributed by atoms with E-state index < -0.39 is 12.0 Å². The van der Waals surface area contributed by atoms with Crippen LogP contribution in [0.1, 0.15) is 52.0 Å². The average molecular weight is 356 g/mol. The number of rotatable bonds is 6. The van der Waals surface area contributed by atoms with Crippen LogP contribution in [0.25, 0.3) is 0 Å². The van der Waals surface area contributed by atoms with Gasteiger partial charge in [0.1, 0.15) is 6.04 Å². The van der Waals surface area contributed by atoms with Crippen LogP contribution in [0.4, 0.5) is 0 Å². The van der Waals surface area contributed by atoms with Gasteiger partial charge in [-0.15, -0.1) is 0 Å². The first-order valence-corrected chi connectivity index (χ1v) is 8.56. The number of fused-ring (bicyclic) bond motifs is 1. The summed E-state index contributed by atoms with van der Waals surface area (Å²) >= 11 is 0. The zero-order valence-corrected chi connectivity index (χ0v) is 14.7. The molecule has 0 N–H and O–H groups in total. The highest BCUT2D eigenvalue weighted by Crippen LogP contribution is 2.32. The second-order valence-electron chi connectivity index (χ2n) is 5.94. The van der Waals surface area contributed by atoms with Gasteiger partial charge in [-0.05, 0) is 25.0 Å². The van der Waals surface area contributed by atoms with Gasteiger partial charge in [0, 0.05) is 24.4 Å². The van der Waals surface area contributed by atoms with Crippen LogP contribution < -0.4 is 0 Å². The normalized spacial score (nSPS) is 15.6. The first kappa shape index (κ1) is 17.8. The van der Waals surface area contributed by atoms with Gasteiger partial charge in [0.05, 0.1) is 19.6 Å². The lowest BCUT2D eigenvalue weighted by molar-refractivity contribution is -0.142. The fourth-order valence-corrected chi connectivity index (χ4v) is 3.17. The van der Waals surface area contributed by atoms with Crippen molar-refractivity contribution in [2.45, 2.75) is 32.7 Å². The molecule has 1 atom stereocenters. The Morgan fingerprint density at radius 2 is 2.00 bits per heavy atom. The minimum Gasteiger partial charge on any atom is -0.466 e. The number of imidazole rings is 1. The summed E-state index contributed by atoms with van der Waals surface area (Å²) < 4.78 is 11.5. The molecular formula is C19H20N2O5. The lowest BCUT2D eigenvalue weighted by Gasteiger charge is -2.12. The number of carbonyl (C=O) groups is 3. The molecule has 0 bridgehead atoms. The third-order valence-electron chi connectivity index (χ3n) is 4.27. The zero-order valence-electron chi connectivity index (χ0n) is 14.7. The van der Waals surface area contributed by atoms with Crippen LogP contribution in [0.5, 0.6) is 0 Å². The number of benzene rings is 1. The number of ketones is 1. The molecule has 2 aromatic rings. The molecular weight excluding hydrogens is 336 g/mol. The zero-order chi connectivity index (χ0) is 18.7. The maximum Gasteiger partial charge on any atom is 0.374 e. The average Bonchev–Trinajstić information content (AvgIpc) is 3.20. The van der Waals surface area contributed by atoms with Crippen molar-refractivity contribution in [1.29, 1.82) is 0 Å². The topological polar surface area (TPSA) is 87.5 Å². The SMILES string of the molecule is CCOC(=O)Cc1ccc2c(c1)CC(n1ccnc1C(=O)OCC)C2=O. The number of hydrogen-bond donors (Lipinski definition) is 0. The van der Waals surface area contributed by atoms with Crippen molar-refractivity contribution >= 4 is 17.7 Å². The van der Waals surface area contributed by atoms with Crippen molar-refractivity contribution < 1.29 is 23.9 Å². The van der Waals surface area contributed by atoms with Crippen molar-refractivity contribution in [1.82, 2.24) is 9.55 Å². The summed E-state index contributed by atoms with van der Waals surface area (Å²) in [5, 5.41) is 0. The molecule has 1 heterocycles. The number of aromatic nitrogens is 2. The third kappa shape index (κ3) is 3.37. The number of Topliss-reactive ketones (excluding diaryl/α,β-unsaturated/α-hetero) is 1. The van der Waals surface area contributed by atoms with Crippen LogP contribution in [0.2, 0.25) is 0 Å². The summed E-state index contributed by atoms with van der Waals surface area (Å²) in [7, 11) is 0. The molecule has 1 aromatic carbocycles. The fraction of sp³-hybridized carbons (Fsp3) is 0.368. The molecule has 136 valence electrons. The predicted molar refractivity (Wildman–Crippen MR) is 92.0 cm³/mol. The highest BCUT2D eigenvalue weighted by Gasteiger charge is 2.34. The Morgan fingerprint density at radius 1 is 1.23 bits per heavy atom. The molecule has 1 aromatic heterocycles. The van der Waals surface area contributed by atoms with Gasteiger partial charge in [0.2, 0.25) is 5.82 Å². The molecule has 0 aliphatic heterocycles. The Labute approximate surface area is 150 Å². The van der Waals surface area contributed by atoms with Gasteiger partial charge in [-0.2, -0.15) is 0 Å². The fourth-order valence-electron chi connectivity index (χ4n) is 3.17. The van der Waals surface area contributed by atoms with E-state index in [9.17, 15) is 14.4 Å². The molecule has 26 heavy (non-hydrogen) atoms. The van der Waals surface area contributed by atoms with Crippen LogP contribution in [-0.4, -0.2) is 40.5 Å². The van der Waals surface area contributed by atoms with E-state index in [2.05, 4.69) is 4.98 Å². The van der Waals surface area contributed by atoms with E-state index in [0.29, 0.717) is 18.6 Å². The first-order chi connectivity index (χ1) is 12.5. The van der Waals surface area contributed by atoms with Gasteiger partial charge < -0.3 is 14.0 Å². The van der Waals surface area contributed by atoms with E-state index in [-0.39, 0.29) is 30.6 Å². The van der Waals surface area contributed by atoms with Crippen molar-refractivity contribution in [3.8, 4) is 0 Å². The molecule has 1 aliphatic carbocycles. The minimum atomic E-state index is -0.552. The van der Waals surface area contributed by atoms with Gasteiger partial charge in [-0.3, -0.25) is 9.59 Å². The Morgan fingerprint density at radius 3 is 2.73 bits per heavy atom. The molecule has 0 saturated heterocycles. The van der Waals surface area contributed by atoms with Crippen LogP contribution >= 0.6 is 0 Å². The van der Waals surface area contributed by atoms with Gasteiger partial charge in [0.15, 0.2) is 5.78 Å². The minimum absolute atomic E-state index is 0.0776. The van der Waals surface area contributed by atoms with Gasteiger partial charge in [-0.25, -0.2) is 9.78 Å². The maximum atomic E-state index is 12.8. The molecule has 1 unspecified atom stereocenters. The van der Waals surface area contributed by atoms with Crippen LogP contribution in [0.3, 0.4) is 0 Å². The molecule has 0 radical (unpaired) electrons. The number of carbonyl (C=O) groups excluding carboxylic acids is 3. The molecule has 7 heteroatoms. The molecule has 0 saturated carbocycles. The molecule has 0 fully saturated rings. The quantitative estimate of drug-likeness (QED) is 0.737. The Balaban J connectivity index is 1.83. The summed E-state index contributed by atoms with van der Waals surface area (Å²) in [5.74, 6) is -0.812. The summed E-state index contributed by atoms with van der Waals surface area (Å²) in [5.41, 5.74) is 2.25. The lowest BCUT2D eigenvalue weighted by atomic mass is 10.0. The molecule has 3 rings (SSSR count). The van der Waals surface area contributed by atoms with Crippen molar-refractivity contribution in [2.75, 3.05) is 13.2 Å². The van der Waals surface area contributed by atoms with Crippen LogP contribution in [-0.2, 0) is 27.1 Å². The Bertz CT molecular complexity index is 855. The third-order valence-corrected chi connectivity index (χ3v) is 4.27. The van der Waals surface area contributed by atoms with E-state index in [1.165, 1.54) is 6.20 Å². The second-order valence-corrected chi connectivity index (χ2v) is 5.94. The monoisotopic (exact) mass is 356 g/mol. The molecule has 0 spiro atoms. The second kappa shape index (κ2) is 7.51. The predicted octanol–water partition coefficient (Wildman–Crippen LogP) is 2.15. The summed E-state index contributed by atoms with van der Waals surface area (Å²) in [4.78, 5) is 40.5. The van der Waals surface area contributed by atoms with E-state index in [1.54, 1.807) is 36.7 Å². The number of hydrogen-bond acceptors (Lipinski definition) is 6.